The van der Waals surface area contributed by atoms with E-state index in [0.29, 0.717) is 11.0 Å². The Kier molecular flexibility index (Phi) is 41.1. The van der Waals surface area contributed by atoms with Crippen LogP contribution in [0.2, 0.25) is 0 Å². The quantitative estimate of drug-likeness (QED) is 0.0112. The molecular formula is C49H79N25O52P12. The van der Waals surface area contributed by atoms with Crippen molar-refractivity contribution < 1.29 is 224 Å². The lowest BCUT2D eigenvalue weighted by molar-refractivity contribution is -0.0758. The van der Waals surface area contributed by atoms with Gasteiger partial charge in [0.05, 0.1) is 61.6 Å². The van der Waals surface area contributed by atoms with Crippen molar-refractivity contribution in [1.82, 2.24) is 48.2 Å². The summed E-state index contributed by atoms with van der Waals surface area (Å²) >= 11 is 0. The van der Waals surface area contributed by atoms with Gasteiger partial charge in [-0.2, -0.15) is 44.5 Å². The molecule has 4 fully saturated rings. The molecule has 772 valence electrons. The Hall–Kier alpha value is -7.44. The van der Waals surface area contributed by atoms with Crippen LogP contribution in [0.4, 0.5) is 17.6 Å². The van der Waals surface area contributed by atoms with Crippen LogP contribution in [-0.2, 0) is 145 Å². The summed E-state index contributed by atoms with van der Waals surface area (Å²) < 4.78 is 235. The molecule has 4 aliphatic rings. The number of nitrogens with zero attached hydrogens (tertiary/aromatic N) is 20. The molecule has 10 rings (SSSR count). The molecule has 6 aromatic heterocycles. The summed E-state index contributed by atoms with van der Waals surface area (Å²) in [4.78, 5) is 223. The molecule has 6 aromatic rings. The molecule has 138 heavy (non-hydrogen) atoms. The SMILES string of the molecule is C[C@H](N=[N+]=[N-])OC1C[C@H](n2ccc(N)nc2=O)O[C@@H]1COP(=O)(O)OP(=O)(O)OP(=O)(O)O.C[C@H](N=[N+]=[N-])OC1C[C@H](n2ccc3c(=O)[nH]c(N)nc32)O[C@@H]1COP(=O)(O)OP(=O)(O)OP(=O)(O)O.C[C@H](N=[N+]=[N-])OC1C[C@H](n2ccc3c(N)ncnc32)O[C@@H]1COP(=O)(O)OP(=O)(O)OP(=O)(O)O.Cc1cn([C@H]2CC(O[C@H](C)N=[N+]=[N-])[C@@H](COP(=O)(O)OP(=O)(O)OP(=O)(O)O)O2)c(=O)[nH]c1=O. The number of ether oxygens (including phenoxy) is 8. The second kappa shape index (κ2) is 48.3. The number of rotatable bonds is 44. The predicted molar refractivity (Wildman–Crippen MR) is 443 cm³/mol. The fourth-order valence-corrected chi connectivity index (χ4v) is 24.0. The van der Waals surface area contributed by atoms with Crippen LogP contribution in [0.1, 0.15) is 83.9 Å². The van der Waals surface area contributed by atoms with E-state index in [1.807, 2.05) is 0 Å². The van der Waals surface area contributed by atoms with Gasteiger partial charge in [-0.25, -0.2) is 74.3 Å². The van der Waals surface area contributed by atoms with Gasteiger partial charge in [0.1, 0.15) is 97.8 Å². The van der Waals surface area contributed by atoms with Crippen LogP contribution in [0.5, 0.6) is 0 Å². The number of fused-ring (bicyclic) bond motifs is 2. The third-order valence-corrected chi connectivity index (χ3v) is 31.9. The molecule has 0 amide bonds. The first kappa shape index (κ1) is 118. The second-order valence-corrected chi connectivity index (χ2v) is 44.8. The van der Waals surface area contributed by atoms with E-state index in [4.69, 9.17) is 116 Å². The monoisotopic (exact) mass is 2220 g/mol. The number of phosphoric ester groups is 4. The number of hydrogen-bond acceptors (Lipinski definition) is 47. The molecule has 0 radical (unpaired) electrons. The van der Waals surface area contributed by atoms with E-state index in [1.165, 1.54) is 76.2 Å². The summed E-state index contributed by atoms with van der Waals surface area (Å²) in [5, 5.41) is 14.1. The highest BCUT2D eigenvalue weighted by molar-refractivity contribution is 7.68. The van der Waals surface area contributed by atoms with E-state index < -0.39 is 241 Å². The number of aromatic amines is 2. The molecule has 0 bridgehead atoms. The number of phosphoric acid groups is 12. The Morgan fingerprint density at radius 1 is 0.413 bits per heavy atom. The number of hydrogen-bond donors (Lipinski definition) is 21. The van der Waals surface area contributed by atoms with Gasteiger partial charge in [-0.3, -0.25) is 46.8 Å². The molecule has 12 unspecified atom stereocenters. The second-order valence-electron chi connectivity index (χ2n) is 27.1. The maximum Gasteiger partial charge on any atom is 0.490 e. The van der Waals surface area contributed by atoms with E-state index in [0.717, 1.165) is 9.13 Å². The molecule has 4 aliphatic heterocycles. The number of H-pyrrole nitrogens is 2. The third-order valence-electron chi connectivity index (χ3n) is 16.7. The van der Waals surface area contributed by atoms with Crippen molar-refractivity contribution in [2.75, 3.05) is 43.6 Å². The van der Waals surface area contributed by atoms with Crippen LogP contribution in [0, 0.1) is 6.92 Å². The largest absolute Gasteiger partial charge is 0.490 e. The van der Waals surface area contributed by atoms with E-state index >= 15 is 0 Å². The van der Waals surface area contributed by atoms with Crippen LogP contribution in [0.25, 0.3) is 63.8 Å². The summed E-state index contributed by atoms with van der Waals surface area (Å²) in [6, 6.07) is 4.40. The fourth-order valence-electron chi connectivity index (χ4n) is 11.9. The number of nitrogens with one attached hydrogen (secondary N) is 2. The Morgan fingerprint density at radius 2 is 0.717 bits per heavy atom. The minimum Gasteiger partial charge on any atom is -0.383 e. The zero-order chi connectivity index (χ0) is 104. The van der Waals surface area contributed by atoms with Crippen molar-refractivity contribution in [2.45, 2.75) is 159 Å². The molecule has 10 heterocycles. The maximum absolute atomic E-state index is 12.2. The Labute approximate surface area is 763 Å². The van der Waals surface area contributed by atoms with E-state index in [2.05, 4.69) is 123 Å². The maximum atomic E-state index is 12.2. The molecule has 24 N–H and O–H groups in total. The molecular weight excluding hydrogens is 2140 g/mol. The highest BCUT2D eigenvalue weighted by Crippen LogP contribution is 2.70. The smallest absolute Gasteiger partial charge is 0.383 e. The zero-order valence-corrected chi connectivity index (χ0v) is 80.1. The van der Waals surface area contributed by atoms with Crippen LogP contribution < -0.4 is 39.7 Å². The van der Waals surface area contributed by atoms with Gasteiger partial charge in [0.25, 0.3) is 11.1 Å². The summed E-state index contributed by atoms with van der Waals surface area (Å²) in [5.41, 5.74) is 49.1. The van der Waals surface area contributed by atoms with Gasteiger partial charge in [-0.05, 0) is 74.9 Å². The summed E-state index contributed by atoms with van der Waals surface area (Å²) in [6.07, 6.45) is -9.71. The molecule has 0 aromatic carbocycles. The molecule has 77 nitrogen and oxygen atoms in total. The number of azide groups is 4. The first-order chi connectivity index (χ1) is 63.4. The minimum absolute atomic E-state index is 0.0217. The van der Waals surface area contributed by atoms with Gasteiger partial charge in [0.15, 0.2) is 5.65 Å². The van der Waals surface area contributed by atoms with Gasteiger partial charge in [0, 0.05) is 75.7 Å². The van der Waals surface area contributed by atoms with E-state index in [9.17, 15) is 113 Å². The van der Waals surface area contributed by atoms with Crippen molar-refractivity contribution in [1.29, 1.82) is 0 Å². The van der Waals surface area contributed by atoms with Crippen LogP contribution in [0.3, 0.4) is 0 Å². The van der Waals surface area contributed by atoms with E-state index in [1.54, 1.807) is 16.8 Å². The first-order valence-corrected chi connectivity index (χ1v) is 54.6. The van der Waals surface area contributed by atoms with Crippen molar-refractivity contribution in [2.24, 2.45) is 20.5 Å². The van der Waals surface area contributed by atoms with Gasteiger partial charge in [0.2, 0.25) is 5.95 Å². The van der Waals surface area contributed by atoms with Crippen LogP contribution in [0.15, 0.2) is 88.9 Å². The Morgan fingerprint density at radius 3 is 1.04 bits per heavy atom. The first-order valence-electron chi connectivity index (χ1n) is 36.5. The summed E-state index contributed by atoms with van der Waals surface area (Å²) in [7, 11) is -66.8. The highest BCUT2D eigenvalue weighted by atomic mass is 31.3. The molecule has 0 saturated carbocycles. The van der Waals surface area contributed by atoms with Gasteiger partial charge < -0.3 is 143 Å². The van der Waals surface area contributed by atoms with Crippen molar-refractivity contribution in [3.05, 3.63) is 138 Å². The lowest BCUT2D eigenvalue weighted by Gasteiger charge is -2.22. The molecule has 0 aliphatic carbocycles. The third kappa shape index (κ3) is 38.3. The lowest BCUT2D eigenvalue weighted by Crippen LogP contribution is -2.33. The van der Waals surface area contributed by atoms with Crippen molar-refractivity contribution >= 4 is 134 Å². The number of nitrogen functional groups attached to an aromatic ring is 3. The minimum atomic E-state index is -5.73. The number of nitrogens with two attached hydrogens (primary N) is 3. The van der Waals surface area contributed by atoms with Crippen LogP contribution in [-0.4, -0.2) is 227 Å². The fraction of sp³-hybridized carbons (Fsp3) is 0.592. The topological polar surface area (TPSA) is 1160 Å². The number of aryl methyl sites for hydroxylation is 1. The molecule has 24 atom stereocenters. The predicted octanol–water partition coefficient (Wildman–Crippen LogP) is 3.68. The highest BCUT2D eigenvalue weighted by Gasteiger charge is 2.50. The van der Waals surface area contributed by atoms with Gasteiger partial charge in [-0.1, -0.05) is 20.5 Å². The number of aromatic nitrogens is 10. The molecule has 0 spiro atoms. The number of anilines is 3. The average Bonchev–Trinajstić information content (AvgIpc) is 1.63. The van der Waals surface area contributed by atoms with Gasteiger partial charge in [-0.15, -0.1) is 0 Å². The van der Waals surface area contributed by atoms with E-state index in [-0.39, 0.29) is 59.9 Å². The molecule has 89 heteroatoms. The van der Waals surface area contributed by atoms with Gasteiger partial charge >= 0.3 is 105 Å². The summed E-state index contributed by atoms with van der Waals surface area (Å²) in [5.74, 6) is 0.00315. The standard InChI is InChI=1S/C13H20N7O13P3.C13H20N7O12P3.C12H20N5O14P3.C11H19N6O13P3/c1-6(18-19-15)30-8-4-10(20-3-2-7-11(20)16-13(14)17-12(7)21)31-9(8)5-29-35(25,26)33-36(27,28)32-34(22,23)24;1-7(18-19-15)29-9-4-11(20-3-2-8-12(14)16-6-17-13(8)20)30-10(9)5-28-34(24,25)32-35(26,27)31-33(21,22)23;1-6-4-17(12(19)14-11(6)18)10-3-8(28-7(2)15-16-13)9(29-10)5-27-33(23,24)31-34(25,26)30-32(20,21)22;1-6(15-16-13)27-7-4-10(17-3-2-9(12)14-11(17)18)28-8(7)5-26-32(22,23)30-33(24,25)29-31(19,20)21/h2-3,6,8-10H,4-5H2,1H3,(H,25,26)(H,27,28)(H2,22,23,24)(H3,14,16,17,21);2-3,6-7,9-11H,4-5H2,1H3,(H,24,25)(H,26,27)(H2,14,16,17)(H2,21,22,23);4,7-10H,3,5H2,1-2H3,(H,23,24)(H,25,26)(H,14,18,19)(H2,20,21,22);2-3,6-8,10H,4-5H2,1H3,(H,22,23)(H,24,25)(H2,12,14,18)(H2,19,20,21)/t6-,8?,9-,10-;7-,9?,10-,11-;7-,8?,9-,10-;6-,7?,8-,10-/m1111/s1. The Bertz CT molecular complexity index is 6440. The lowest BCUT2D eigenvalue weighted by atomic mass is 10.2. The average molecular weight is 2220 g/mol. The Balaban J connectivity index is 0.000000251. The van der Waals surface area contributed by atoms with Crippen LogP contribution >= 0.6 is 93.9 Å². The summed E-state index contributed by atoms with van der Waals surface area (Å²) in [6.45, 7) is 3.72. The normalized spacial score (nSPS) is 25.1. The van der Waals surface area contributed by atoms with Crippen molar-refractivity contribution in [3.8, 4) is 0 Å². The zero-order valence-electron chi connectivity index (χ0n) is 69.4. The van der Waals surface area contributed by atoms with Crippen molar-refractivity contribution in [3.63, 3.8) is 0 Å². The molecule has 4 saturated heterocycles.